The van der Waals surface area contributed by atoms with Crippen LogP contribution in [0.15, 0.2) is 54.6 Å². The van der Waals surface area contributed by atoms with Gasteiger partial charge in [0, 0.05) is 45.3 Å². The van der Waals surface area contributed by atoms with Crippen molar-refractivity contribution in [1.29, 1.82) is 0 Å². The Hall–Kier alpha value is -2.38. The van der Waals surface area contributed by atoms with Gasteiger partial charge in [0.05, 0.1) is 0 Å². The monoisotopic (exact) mass is 471 g/mol. The Bertz CT molecular complexity index is 997. The van der Waals surface area contributed by atoms with Gasteiger partial charge in [-0.2, -0.15) is 0 Å². The summed E-state index contributed by atoms with van der Waals surface area (Å²) in [5, 5.41) is -0.566. The fourth-order valence-corrected chi connectivity index (χ4v) is 6.12. The second kappa shape index (κ2) is 11.2. The molecule has 1 aliphatic rings. The van der Waals surface area contributed by atoms with E-state index in [0.717, 1.165) is 42.7 Å². The third-order valence-corrected chi connectivity index (χ3v) is 8.06. The molecule has 0 aliphatic carbocycles. The van der Waals surface area contributed by atoms with Gasteiger partial charge in [-0.3, -0.25) is 4.79 Å². The number of nitrogens with zero attached hydrogens (tertiary/aromatic N) is 2. The maximum atomic E-state index is 13.1. The molecule has 1 saturated heterocycles. The number of piperidine rings is 1. The van der Waals surface area contributed by atoms with Crippen molar-refractivity contribution in [3.8, 4) is 0 Å². The Morgan fingerprint density at radius 1 is 1.03 bits per heavy atom. The highest BCUT2D eigenvalue weighted by Gasteiger charge is 2.28. The zero-order chi connectivity index (χ0) is 24.0. The lowest BCUT2D eigenvalue weighted by Crippen LogP contribution is -2.40. The molecule has 1 amide bonds. The van der Waals surface area contributed by atoms with E-state index < -0.39 is 15.3 Å². The van der Waals surface area contributed by atoms with E-state index in [-0.39, 0.29) is 24.3 Å². The van der Waals surface area contributed by atoms with E-state index in [1.165, 1.54) is 0 Å². The first-order valence-electron chi connectivity index (χ1n) is 11.8. The number of rotatable bonds is 9. The number of amides is 1. The summed E-state index contributed by atoms with van der Waals surface area (Å²) in [7, 11) is 0.107. The second-order valence-corrected chi connectivity index (χ2v) is 11.5. The maximum absolute atomic E-state index is 13.1. The molecule has 1 unspecified atom stereocenters. The molecule has 0 aromatic heterocycles. The number of sulfonamides is 1. The molecule has 1 atom stereocenters. The average Bonchev–Trinajstić information content (AvgIpc) is 2.81. The molecule has 7 heteroatoms. The molecule has 1 fully saturated rings. The Morgan fingerprint density at radius 2 is 1.64 bits per heavy atom. The highest BCUT2D eigenvalue weighted by Crippen LogP contribution is 2.29. The zero-order valence-electron chi connectivity index (χ0n) is 20.2. The Kier molecular flexibility index (Phi) is 8.54. The van der Waals surface area contributed by atoms with Gasteiger partial charge in [-0.25, -0.2) is 13.1 Å². The van der Waals surface area contributed by atoms with E-state index in [2.05, 4.69) is 9.62 Å². The summed E-state index contributed by atoms with van der Waals surface area (Å²) in [6, 6.07) is 17.5. The molecule has 2 aromatic carbocycles. The van der Waals surface area contributed by atoms with Crippen LogP contribution in [-0.2, 0) is 21.4 Å². The largest absolute Gasteiger partial charge is 0.371 e. The van der Waals surface area contributed by atoms with E-state index in [1.807, 2.05) is 82.5 Å². The molecule has 1 heterocycles. The zero-order valence-corrected chi connectivity index (χ0v) is 21.0. The molecular weight excluding hydrogens is 434 g/mol. The standard InChI is InChI=1S/C26H37N3O3S/c1-20(2)18-25(22-8-6-5-7-9-22)33(31,32)27-19-21-10-12-24(13-11-21)29-16-14-23(15-17-29)26(30)28(3)4/h5-13,20,23,25,27H,14-19H2,1-4H3. The first kappa shape index (κ1) is 25.2. The highest BCUT2D eigenvalue weighted by molar-refractivity contribution is 7.89. The van der Waals surface area contributed by atoms with Crippen molar-refractivity contribution in [3.05, 3.63) is 65.7 Å². The van der Waals surface area contributed by atoms with Gasteiger partial charge in [-0.1, -0.05) is 56.3 Å². The van der Waals surface area contributed by atoms with Crippen LogP contribution in [0.4, 0.5) is 5.69 Å². The first-order chi connectivity index (χ1) is 15.7. The van der Waals surface area contributed by atoms with Crippen molar-refractivity contribution < 1.29 is 13.2 Å². The molecule has 0 radical (unpaired) electrons. The lowest BCUT2D eigenvalue weighted by Gasteiger charge is -2.34. The van der Waals surface area contributed by atoms with Crippen molar-refractivity contribution >= 4 is 21.6 Å². The predicted molar refractivity (Wildman–Crippen MR) is 134 cm³/mol. The summed E-state index contributed by atoms with van der Waals surface area (Å²) in [6.45, 7) is 6.06. The molecule has 33 heavy (non-hydrogen) atoms. The molecule has 1 N–H and O–H groups in total. The van der Waals surface area contributed by atoms with Crippen LogP contribution in [0, 0.1) is 11.8 Å². The molecular formula is C26H37N3O3S. The molecule has 3 rings (SSSR count). The average molecular weight is 472 g/mol. The molecule has 6 nitrogen and oxygen atoms in total. The summed E-state index contributed by atoms with van der Waals surface area (Å²) >= 11 is 0. The van der Waals surface area contributed by atoms with Crippen LogP contribution in [-0.4, -0.2) is 46.4 Å². The van der Waals surface area contributed by atoms with Crippen molar-refractivity contribution in [1.82, 2.24) is 9.62 Å². The van der Waals surface area contributed by atoms with Crippen LogP contribution in [0.3, 0.4) is 0 Å². The van der Waals surface area contributed by atoms with Gasteiger partial charge in [-0.05, 0) is 48.4 Å². The Labute approximate surface area is 199 Å². The highest BCUT2D eigenvalue weighted by atomic mass is 32.2. The summed E-state index contributed by atoms with van der Waals surface area (Å²) in [5.41, 5.74) is 2.86. The van der Waals surface area contributed by atoms with Crippen LogP contribution >= 0.6 is 0 Å². The van der Waals surface area contributed by atoms with E-state index in [4.69, 9.17) is 0 Å². The van der Waals surface area contributed by atoms with Gasteiger partial charge in [0.2, 0.25) is 15.9 Å². The quantitative estimate of drug-likeness (QED) is 0.595. The van der Waals surface area contributed by atoms with Gasteiger partial charge in [-0.15, -0.1) is 0 Å². The molecule has 1 aliphatic heterocycles. The summed E-state index contributed by atoms with van der Waals surface area (Å²) in [4.78, 5) is 16.2. The van der Waals surface area contributed by atoms with Gasteiger partial charge in [0.15, 0.2) is 0 Å². The number of hydrogen-bond donors (Lipinski definition) is 1. The molecule has 0 saturated carbocycles. The van der Waals surface area contributed by atoms with Crippen LogP contribution in [0.25, 0.3) is 0 Å². The first-order valence-corrected chi connectivity index (χ1v) is 13.3. The number of carbonyl (C=O) groups is 1. The number of nitrogens with one attached hydrogen (secondary N) is 1. The third-order valence-electron chi connectivity index (χ3n) is 6.30. The fourth-order valence-electron chi connectivity index (χ4n) is 4.40. The van der Waals surface area contributed by atoms with Gasteiger partial charge < -0.3 is 9.80 Å². The van der Waals surface area contributed by atoms with Gasteiger partial charge in [0.1, 0.15) is 5.25 Å². The maximum Gasteiger partial charge on any atom is 0.225 e. The van der Waals surface area contributed by atoms with E-state index in [1.54, 1.807) is 4.90 Å². The van der Waals surface area contributed by atoms with E-state index in [0.29, 0.717) is 6.42 Å². The third kappa shape index (κ3) is 6.81. The lowest BCUT2D eigenvalue weighted by molar-refractivity contribution is -0.133. The van der Waals surface area contributed by atoms with Crippen molar-refractivity contribution in [3.63, 3.8) is 0 Å². The van der Waals surface area contributed by atoms with Crippen LogP contribution < -0.4 is 9.62 Å². The van der Waals surface area contributed by atoms with Crippen molar-refractivity contribution in [2.24, 2.45) is 11.8 Å². The predicted octanol–water partition coefficient (Wildman–Crippen LogP) is 4.20. The minimum absolute atomic E-state index is 0.105. The summed E-state index contributed by atoms with van der Waals surface area (Å²) in [5.74, 6) is 0.583. The summed E-state index contributed by atoms with van der Waals surface area (Å²) in [6.07, 6.45) is 2.29. The minimum atomic E-state index is -3.52. The minimum Gasteiger partial charge on any atom is -0.371 e. The normalized spacial score (nSPS) is 16.1. The van der Waals surface area contributed by atoms with Crippen LogP contribution in [0.5, 0.6) is 0 Å². The number of hydrogen-bond acceptors (Lipinski definition) is 4. The van der Waals surface area contributed by atoms with E-state index in [9.17, 15) is 13.2 Å². The molecule has 2 aromatic rings. The van der Waals surface area contributed by atoms with Gasteiger partial charge >= 0.3 is 0 Å². The second-order valence-electron chi connectivity index (χ2n) is 9.56. The van der Waals surface area contributed by atoms with Gasteiger partial charge in [0.25, 0.3) is 0 Å². The summed E-state index contributed by atoms with van der Waals surface area (Å²) < 4.78 is 29.1. The Morgan fingerprint density at radius 3 is 2.18 bits per heavy atom. The number of anilines is 1. The molecule has 0 spiro atoms. The number of benzene rings is 2. The number of carbonyl (C=O) groups excluding carboxylic acids is 1. The lowest BCUT2D eigenvalue weighted by atomic mass is 9.95. The Balaban J connectivity index is 1.60. The van der Waals surface area contributed by atoms with Crippen molar-refractivity contribution in [2.75, 3.05) is 32.1 Å². The fraction of sp³-hybridized carbons (Fsp3) is 0.500. The topological polar surface area (TPSA) is 69.7 Å². The SMILES string of the molecule is CC(C)CC(c1ccccc1)S(=O)(=O)NCc1ccc(N2CCC(C(=O)N(C)C)CC2)cc1. The molecule has 0 bridgehead atoms. The van der Waals surface area contributed by atoms with Crippen molar-refractivity contribution in [2.45, 2.75) is 44.9 Å². The van der Waals surface area contributed by atoms with Crippen LogP contribution in [0.1, 0.15) is 49.5 Å². The smallest absolute Gasteiger partial charge is 0.225 e. The van der Waals surface area contributed by atoms with Crippen LogP contribution in [0.2, 0.25) is 0 Å². The van der Waals surface area contributed by atoms with E-state index >= 15 is 0 Å². The molecule has 180 valence electrons.